The Labute approximate surface area is 120 Å². The molecular formula is C11H9Cl3O3S. The molecule has 3 nitrogen and oxygen atoms in total. The molecule has 0 aromatic heterocycles. The van der Waals surface area contributed by atoms with E-state index in [1.54, 1.807) is 6.92 Å². The van der Waals surface area contributed by atoms with Crippen LogP contribution in [0.5, 0.6) is 5.75 Å². The molecular weight excluding hydrogens is 319 g/mol. The first-order valence-corrected chi connectivity index (χ1v) is 7.89. The van der Waals surface area contributed by atoms with Gasteiger partial charge in [-0.3, -0.25) is 0 Å². The Balaban J connectivity index is 2.97. The van der Waals surface area contributed by atoms with Gasteiger partial charge in [-0.05, 0) is 19.1 Å². The second-order valence-electron chi connectivity index (χ2n) is 3.15. The maximum atomic E-state index is 11.2. The van der Waals surface area contributed by atoms with E-state index in [1.165, 1.54) is 12.1 Å². The number of benzene rings is 1. The van der Waals surface area contributed by atoms with Crippen LogP contribution in [0.3, 0.4) is 0 Å². The molecule has 0 bridgehead atoms. The van der Waals surface area contributed by atoms with Crippen LogP contribution in [0.2, 0.25) is 10.0 Å². The standard InChI is InChI=1S/C11H9Cl3O3S/c1-2-3-4-7-17-8-5-6-9(18(14,15)16)11(13)10(8)12/h5-6H,4,7H2,1H3. The molecule has 0 saturated heterocycles. The summed E-state index contributed by atoms with van der Waals surface area (Å²) in [6.45, 7) is 2.06. The Morgan fingerprint density at radius 3 is 2.50 bits per heavy atom. The Hall–Kier alpha value is -0.600. The van der Waals surface area contributed by atoms with Gasteiger partial charge in [0, 0.05) is 17.1 Å². The highest BCUT2D eigenvalue weighted by Crippen LogP contribution is 2.37. The van der Waals surface area contributed by atoms with Gasteiger partial charge >= 0.3 is 0 Å². The van der Waals surface area contributed by atoms with Gasteiger partial charge in [-0.2, -0.15) is 0 Å². The highest BCUT2D eigenvalue weighted by Gasteiger charge is 2.19. The van der Waals surface area contributed by atoms with Crippen molar-refractivity contribution in [3.63, 3.8) is 0 Å². The fourth-order valence-corrected chi connectivity index (χ4v) is 2.94. The van der Waals surface area contributed by atoms with Crippen LogP contribution >= 0.6 is 33.9 Å². The molecule has 0 spiro atoms. The first-order valence-electron chi connectivity index (χ1n) is 4.83. The smallest absolute Gasteiger partial charge is 0.262 e. The van der Waals surface area contributed by atoms with Gasteiger partial charge in [-0.15, -0.1) is 11.8 Å². The van der Waals surface area contributed by atoms with Gasteiger partial charge in [-0.1, -0.05) is 23.2 Å². The number of halogens is 3. The predicted octanol–water partition coefficient (Wildman–Crippen LogP) is 3.71. The van der Waals surface area contributed by atoms with E-state index in [-0.39, 0.29) is 14.9 Å². The molecule has 1 aromatic rings. The Bertz CT molecular complexity index is 600. The van der Waals surface area contributed by atoms with Crippen LogP contribution < -0.4 is 4.74 Å². The Kier molecular flexibility index (Phi) is 5.61. The largest absolute Gasteiger partial charge is 0.491 e. The minimum atomic E-state index is -3.92. The quantitative estimate of drug-likeness (QED) is 0.481. The molecule has 0 heterocycles. The van der Waals surface area contributed by atoms with Gasteiger partial charge in [-0.25, -0.2) is 8.42 Å². The summed E-state index contributed by atoms with van der Waals surface area (Å²) in [5, 5.41) is -0.131. The van der Waals surface area contributed by atoms with Crippen molar-refractivity contribution < 1.29 is 13.2 Å². The van der Waals surface area contributed by atoms with Crippen molar-refractivity contribution in [2.45, 2.75) is 18.2 Å². The molecule has 98 valence electrons. The summed E-state index contributed by atoms with van der Waals surface area (Å²) in [6.07, 6.45) is 0.542. The minimum absolute atomic E-state index is 0.0165. The van der Waals surface area contributed by atoms with Crippen LogP contribution in [-0.4, -0.2) is 15.0 Å². The summed E-state index contributed by atoms with van der Waals surface area (Å²) in [5.74, 6) is 5.84. The Morgan fingerprint density at radius 1 is 1.28 bits per heavy atom. The number of hydrogen-bond acceptors (Lipinski definition) is 3. The van der Waals surface area contributed by atoms with Crippen LogP contribution in [0, 0.1) is 11.8 Å². The lowest BCUT2D eigenvalue weighted by Crippen LogP contribution is -1.99. The third-order valence-corrected chi connectivity index (χ3v) is 4.28. The zero-order chi connectivity index (χ0) is 13.8. The molecule has 0 radical (unpaired) electrons. The highest BCUT2D eigenvalue weighted by molar-refractivity contribution is 8.13. The molecule has 0 atom stereocenters. The van der Waals surface area contributed by atoms with E-state index in [4.69, 9.17) is 38.6 Å². The topological polar surface area (TPSA) is 43.4 Å². The lowest BCUT2D eigenvalue weighted by Gasteiger charge is -2.09. The molecule has 7 heteroatoms. The van der Waals surface area contributed by atoms with E-state index in [2.05, 4.69) is 11.8 Å². The lowest BCUT2D eigenvalue weighted by molar-refractivity contribution is 0.327. The van der Waals surface area contributed by atoms with E-state index in [1.807, 2.05) is 0 Å². The summed E-state index contributed by atoms with van der Waals surface area (Å²) in [4.78, 5) is -0.239. The maximum Gasteiger partial charge on any atom is 0.262 e. The second kappa shape index (κ2) is 6.53. The van der Waals surface area contributed by atoms with E-state index in [0.717, 1.165) is 0 Å². The van der Waals surface area contributed by atoms with Gasteiger partial charge in [0.25, 0.3) is 9.05 Å². The van der Waals surface area contributed by atoms with Crippen LogP contribution in [0.4, 0.5) is 0 Å². The van der Waals surface area contributed by atoms with Crippen LogP contribution in [-0.2, 0) is 9.05 Å². The van der Waals surface area contributed by atoms with Gasteiger partial charge in [0.05, 0.1) is 11.6 Å². The maximum absolute atomic E-state index is 11.2. The van der Waals surface area contributed by atoms with Crippen molar-refractivity contribution in [2.24, 2.45) is 0 Å². The molecule has 0 aliphatic rings. The summed E-state index contributed by atoms with van der Waals surface area (Å²) >= 11 is 11.7. The molecule has 18 heavy (non-hydrogen) atoms. The molecule has 0 N–H and O–H groups in total. The summed E-state index contributed by atoms with van der Waals surface area (Å²) < 4.78 is 27.7. The molecule has 1 aromatic carbocycles. The second-order valence-corrected chi connectivity index (χ2v) is 6.44. The molecule has 0 aliphatic carbocycles. The summed E-state index contributed by atoms with van der Waals surface area (Å²) in [6, 6.07) is 2.65. The Morgan fingerprint density at radius 2 is 1.94 bits per heavy atom. The molecule has 0 saturated carbocycles. The van der Waals surface area contributed by atoms with Crippen molar-refractivity contribution in [3.8, 4) is 17.6 Å². The van der Waals surface area contributed by atoms with Crippen LogP contribution in [0.15, 0.2) is 17.0 Å². The first kappa shape index (κ1) is 15.5. The van der Waals surface area contributed by atoms with Crippen LogP contribution in [0.25, 0.3) is 0 Å². The molecule has 0 amide bonds. The van der Waals surface area contributed by atoms with Gasteiger partial charge < -0.3 is 4.74 Å². The predicted molar refractivity (Wildman–Crippen MR) is 73.1 cm³/mol. The van der Waals surface area contributed by atoms with E-state index >= 15 is 0 Å². The van der Waals surface area contributed by atoms with E-state index in [0.29, 0.717) is 18.8 Å². The first-order chi connectivity index (χ1) is 8.38. The molecule has 0 unspecified atom stereocenters. The number of rotatable bonds is 4. The third-order valence-electron chi connectivity index (χ3n) is 1.94. The van der Waals surface area contributed by atoms with E-state index in [9.17, 15) is 8.42 Å². The lowest BCUT2D eigenvalue weighted by atomic mass is 10.3. The fraction of sp³-hybridized carbons (Fsp3) is 0.273. The van der Waals surface area contributed by atoms with E-state index < -0.39 is 9.05 Å². The van der Waals surface area contributed by atoms with Crippen molar-refractivity contribution in [1.29, 1.82) is 0 Å². The minimum Gasteiger partial charge on any atom is -0.491 e. The number of hydrogen-bond donors (Lipinski definition) is 0. The van der Waals surface area contributed by atoms with Crippen molar-refractivity contribution in [3.05, 3.63) is 22.2 Å². The van der Waals surface area contributed by atoms with Gasteiger partial charge in [0.15, 0.2) is 0 Å². The average Bonchev–Trinajstić information content (AvgIpc) is 2.28. The monoisotopic (exact) mass is 326 g/mol. The van der Waals surface area contributed by atoms with Crippen molar-refractivity contribution in [1.82, 2.24) is 0 Å². The third kappa shape index (κ3) is 3.96. The van der Waals surface area contributed by atoms with Crippen LogP contribution in [0.1, 0.15) is 13.3 Å². The van der Waals surface area contributed by atoms with Gasteiger partial charge in [0.2, 0.25) is 0 Å². The number of ether oxygens (including phenoxy) is 1. The molecule has 0 aliphatic heterocycles. The zero-order valence-electron chi connectivity index (χ0n) is 9.34. The SMILES string of the molecule is CC#CCCOc1ccc(S(=O)(=O)Cl)c(Cl)c1Cl. The summed E-state index contributed by atoms with van der Waals surface area (Å²) in [5.41, 5.74) is 0. The average molecular weight is 328 g/mol. The highest BCUT2D eigenvalue weighted by atomic mass is 35.7. The van der Waals surface area contributed by atoms with Gasteiger partial charge in [0.1, 0.15) is 15.7 Å². The van der Waals surface area contributed by atoms with Crippen molar-refractivity contribution >= 4 is 42.9 Å². The zero-order valence-corrected chi connectivity index (χ0v) is 12.4. The molecule has 1 rings (SSSR count). The normalized spacial score (nSPS) is 10.7. The van der Waals surface area contributed by atoms with Crippen molar-refractivity contribution in [2.75, 3.05) is 6.61 Å². The summed E-state index contributed by atoms with van der Waals surface area (Å²) in [7, 11) is 1.28. The fourth-order valence-electron chi connectivity index (χ4n) is 1.15. The molecule has 0 fully saturated rings.